The third-order valence-electron chi connectivity index (χ3n) is 3.61. The Balaban J connectivity index is 1.96. The van der Waals surface area contributed by atoms with Gasteiger partial charge < -0.3 is 15.0 Å². The van der Waals surface area contributed by atoms with Gasteiger partial charge >= 0.3 is 5.97 Å². The Morgan fingerprint density at radius 1 is 1.50 bits per heavy atom. The number of imidazole rings is 1. The topological polar surface area (TPSA) is 97.0 Å². The number of aromatic amines is 1. The molecule has 0 radical (unpaired) electrons. The molecule has 0 aliphatic carbocycles. The number of hydrogen-bond donors (Lipinski definition) is 2. The SMILES string of the molecule is CC[C@@H](C)[C@@H](NC(=O)CSc1nc2ncc(Cl)cc2[nH]1)C(=O)OC. The zero-order valence-corrected chi connectivity index (χ0v) is 15.2. The molecular formula is C15H19ClN4O3S. The number of carbonyl (C=O) groups excluding carboxylic acids is 2. The molecule has 0 aliphatic heterocycles. The number of nitrogens with one attached hydrogen (secondary N) is 2. The Labute approximate surface area is 148 Å². The van der Waals surface area contributed by atoms with E-state index < -0.39 is 12.0 Å². The molecule has 9 heteroatoms. The van der Waals surface area contributed by atoms with E-state index in [4.69, 9.17) is 16.3 Å². The fourth-order valence-corrected chi connectivity index (χ4v) is 2.91. The summed E-state index contributed by atoms with van der Waals surface area (Å²) in [7, 11) is 1.31. The number of esters is 1. The third-order valence-corrected chi connectivity index (χ3v) is 4.69. The molecule has 2 heterocycles. The zero-order chi connectivity index (χ0) is 17.7. The van der Waals surface area contributed by atoms with Gasteiger partial charge in [0.25, 0.3) is 0 Å². The molecule has 0 bridgehead atoms. The molecule has 2 rings (SSSR count). The summed E-state index contributed by atoms with van der Waals surface area (Å²) in [6.45, 7) is 3.84. The summed E-state index contributed by atoms with van der Waals surface area (Å²) < 4.78 is 4.75. The molecule has 0 spiro atoms. The van der Waals surface area contributed by atoms with Crippen LogP contribution in [0.3, 0.4) is 0 Å². The zero-order valence-electron chi connectivity index (χ0n) is 13.6. The number of methoxy groups -OCH3 is 1. The standard InChI is InChI=1S/C15H19ClN4O3S/c1-4-8(2)12(14(22)23-3)19-11(21)7-24-15-18-10-5-9(16)6-17-13(10)20-15/h5-6,8,12H,4,7H2,1-3H3,(H,19,21)(H,17,18,20)/t8-,12-/m1/s1. The van der Waals surface area contributed by atoms with E-state index in [1.54, 1.807) is 6.07 Å². The van der Waals surface area contributed by atoms with E-state index in [9.17, 15) is 9.59 Å². The maximum Gasteiger partial charge on any atom is 0.328 e. The number of H-pyrrole nitrogens is 1. The Morgan fingerprint density at radius 2 is 2.25 bits per heavy atom. The summed E-state index contributed by atoms with van der Waals surface area (Å²) >= 11 is 7.10. The van der Waals surface area contributed by atoms with Crippen LogP contribution in [0, 0.1) is 5.92 Å². The number of fused-ring (bicyclic) bond motifs is 1. The second kappa shape index (κ2) is 8.34. The summed E-state index contributed by atoms with van der Waals surface area (Å²) in [6.07, 6.45) is 2.27. The van der Waals surface area contributed by atoms with Gasteiger partial charge in [0.2, 0.25) is 5.91 Å². The van der Waals surface area contributed by atoms with E-state index in [1.165, 1.54) is 25.1 Å². The number of thioether (sulfide) groups is 1. The highest BCUT2D eigenvalue weighted by atomic mass is 35.5. The van der Waals surface area contributed by atoms with Gasteiger partial charge in [-0.15, -0.1) is 0 Å². The third kappa shape index (κ3) is 4.61. The molecule has 1 amide bonds. The highest BCUT2D eigenvalue weighted by Crippen LogP contribution is 2.20. The first-order valence-corrected chi connectivity index (χ1v) is 8.82. The number of aromatic nitrogens is 3. The lowest BCUT2D eigenvalue weighted by Gasteiger charge is -2.21. The van der Waals surface area contributed by atoms with Crippen molar-refractivity contribution in [3.8, 4) is 0 Å². The summed E-state index contributed by atoms with van der Waals surface area (Å²) in [4.78, 5) is 35.3. The summed E-state index contributed by atoms with van der Waals surface area (Å²) in [5.74, 6) is -0.589. The fourth-order valence-electron chi connectivity index (χ4n) is 2.07. The van der Waals surface area contributed by atoms with Crippen LogP contribution in [0.4, 0.5) is 0 Å². The highest BCUT2D eigenvalue weighted by molar-refractivity contribution is 7.99. The maximum atomic E-state index is 12.1. The van der Waals surface area contributed by atoms with Gasteiger partial charge in [-0.2, -0.15) is 0 Å². The summed E-state index contributed by atoms with van der Waals surface area (Å²) in [5, 5.41) is 3.79. The Hall–Kier alpha value is -1.80. The molecule has 0 saturated carbocycles. The maximum absolute atomic E-state index is 12.1. The van der Waals surface area contributed by atoms with Gasteiger partial charge in [-0.25, -0.2) is 14.8 Å². The van der Waals surface area contributed by atoms with E-state index in [2.05, 4.69) is 20.3 Å². The van der Waals surface area contributed by atoms with Crippen molar-refractivity contribution < 1.29 is 14.3 Å². The van der Waals surface area contributed by atoms with Crippen molar-refractivity contribution >= 4 is 46.4 Å². The first kappa shape index (κ1) is 18.5. The van der Waals surface area contributed by atoms with Crippen molar-refractivity contribution in [2.45, 2.75) is 31.5 Å². The molecule has 2 N–H and O–H groups in total. The van der Waals surface area contributed by atoms with E-state index in [-0.39, 0.29) is 17.6 Å². The van der Waals surface area contributed by atoms with Crippen LogP contribution in [-0.2, 0) is 14.3 Å². The smallest absolute Gasteiger partial charge is 0.328 e. The molecule has 2 aromatic rings. The van der Waals surface area contributed by atoms with Gasteiger partial charge in [0.1, 0.15) is 6.04 Å². The van der Waals surface area contributed by atoms with E-state index in [1.807, 2.05) is 13.8 Å². The van der Waals surface area contributed by atoms with Crippen molar-refractivity contribution in [3.05, 3.63) is 17.3 Å². The molecule has 0 aromatic carbocycles. The van der Waals surface area contributed by atoms with Crippen LogP contribution in [0.1, 0.15) is 20.3 Å². The number of halogens is 1. The molecule has 0 fully saturated rings. The van der Waals surface area contributed by atoms with E-state index >= 15 is 0 Å². The number of amides is 1. The van der Waals surface area contributed by atoms with Crippen LogP contribution in [0.5, 0.6) is 0 Å². The number of pyridine rings is 1. The number of ether oxygens (including phenoxy) is 1. The normalized spacial score (nSPS) is 13.5. The van der Waals surface area contributed by atoms with Gasteiger partial charge in [-0.3, -0.25) is 4.79 Å². The first-order valence-electron chi connectivity index (χ1n) is 7.45. The van der Waals surface area contributed by atoms with Crippen molar-refractivity contribution in [3.63, 3.8) is 0 Å². The van der Waals surface area contributed by atoms with Crippen LogP contribution in [0.2, 0.25) is 5.02 Å². The first-order chi connectivity index (χ1) is 11.4. The molecular weight excluding hydrogens is 352 g/mol. The quantitative estimate of drug-likeness (QED) is 0.573. The fraction of sp³-hybridized carbons (Fsp3) is 0.467. The summed E-state index contributed by atoms with van der Waals surface area (Å²) in [5.41, 5.74) is 1.24. The molecule has 0 saturated heterocycles. The lowest BCUT2D eigenvalue weighted by atomic mass is 9.99. The lowest BCUT2D eigenvalue weighted by Crippen LogP contribution is -2.46. The van der Waals surface area contributed by atoms with Crippen LogP contribution in [0.15, 0.2) is 17.4 Å². The predicted molar refractivity (Wildman–Crippen MR) is 93.0 cm³/mol. The monoisotopic (exact) mass is 370 g/mol. The van der Waals surface area contributed by atoms with Crippen LogP contribution < -0.4 is 5.32 Å². The molecule has 2 aromatic heterocycles. The number of rotatable bonds is 7. The van der Waals surface area contributed by atoms with Gasteiger partial charge in [-0.05, 0) is 12.0 Å². The average molecular weight is 371 g/mol. The second-order valence-corrected chi connectivity index (χ2v) is 6.71. The Bertz CT molecular complexity index is 737. The summed E-state index contributed by atoms with van der Waals surface area (Å²) in [6, 6.07) is 1.07. The van der Waals surface area contributed by atoms with Gasteiger partial charge in [-0.1, -0.05) is 43.6 Å². The minimum absolute atomic E-state index is 0.0102. The van der Waals surface area contributed by atoms with Crippen LogP contribution >= 0.6 is 23.4 Å². The van der Waals surface area contributed by atoms with Crippen molar-refractivity contribution in [1.29, 1.82) is 0 Å². The molecule has 0 aliphatic rings. The lowest BCUT2D eigenvalue weighted by molar-refractivity contribution is -0.146. The Morgan fingerprint density at radius 3 is 2.92 bits per heavy atom. The van der Waals surface area contributed by atoms with Crippen LogP contribution in [-0.4, -0.2) is 45.7 Å². The van der Waals surface area contributed by atoms with E-state index in [0.29, 0.717) is 21.3 Å². The number of nitrogens with zero attached hydrogens (tertiary/aromatic N) is 2. The van der Waals surface area contributed by atoms with Crippen molar-refractivity contribution in [2.24, 2.45) is 5.92 Å². The second-order valence-electron chi connectivity index (χ2n) is 5.31. The highest BCUT2D eigenvalue weighted by Gasteiger charge is 2.26. The minimum Gasteiger partial charge on any atom is -0.467 e. The Kier molecular flexibility index (Phi) is 6.44. The molecule has 7 nitrogen and oxygen atoms in total. The molecule has 2 atom stereocenters. The number of carbonyl (C=O) groups is 2. The molecule has 24 heavy (non-hydrogen) atoms. The van der Waals surface area contributed by atoms with Gasteiger partial charge in [0.05, 0.1) is 23.4 Å². The molecule has 0 unspecified atom stereocenters. The average Bonchev–Trinajstić information content (AvgIpc) is 2.98. The van der Waals surface area contributed by atoms with Crippen molar-refractivity contribution in [1.82, 2.24) is 20.3 Å². The van der Waals surface area contributed by atoms with Crippen molar-refractivity contribution in [2.75, 3.05) is 12.9 Å². The van der Waals surface area contributed by atoms with E-state index in [0.717, 1.165) is 6.42 Å². The minimum atomic E-state index is -0.649. The van der Waals surface area contributed by atoms with Crippen LogP contribution in [0.25, 0.3) is 11.2 Å². The largest absolute Gasteiger partial charge is 0.467 e. The van der Waals surface area contributed by atoms with Gasteiger partial charge in [0, 0.05) is 6.20 Å². The predicted octanol–water partition coefficient (Wildman–Crippen LogP) is 2.41. The molecule has 130 valence electrons. The van der Waals surface area contributed by atoms with Gasteiger partial charge in [0.15, 0.2) is 10.8 Å². The number of hydrogen-bond acceptors (Lipinski definition) is 6.